The van der Waals surface area contributed by atoms with E-state index in [1.54, 1.807) is 14.2 Å². The SMILES string of the molecule is CC[C@@H](OC)C(=O)NCCc1ccccc1OC. The van der Waals surface area contributed by atoms with Crippen LogP contribution in [-0.4, -0.2) is 32.8 Å². The summed E-state index contributed by atoms with van der Waals surface area (Å²) in [6.07, 6.45) is 1.06. The van der Waals surface area contributed by atoms with E-state index >= 15 is 0 Å². The Balaban J connectivity index is 2.44. The Morgan fingerprint density at radius 2 is 2.06 bits per heavy atom. The number of rotatable bonds is 7. The number of methoxy groups -OCH3 is 2. The van der Waals surface area contributed by atoms with Crippen molar-refractivity contribution in [1.29, 1.82) is 0 Å². The molecule has 0 bridgehead atoms. The van der Waals surface area contributed by atoms with Gasteiger partial charge in [0, 0.05) is 13.7 Å². The molecule has 0 radical (unpaired) electrons. The summed E-state index contributed by atoms with van der Waals surface area (Å²) in [4.78, 5) is 11.7. The molecule has 4 nitrogen and oxygen atoms in total. The Hall–Kier alpha value is -1.55. The van der Waals surface area contributed by atoms with Crippen molar-refractivity contribution in [2.75, 3.05) is 20.8 Å². The minimum absolute atomic E-state index is 0.0603. The van der Waals surface area contributed by atoms with Crippen molar-refractivity contribution >= 4 is 5.91 Å². The molecule has 1 aromatic carbocycles. The van der Waals surface area contributed by atoms with Crippen LogP contribution >= 0.6 is 0 Å². The van der Waals surface area contributed by atoms with Gasteiger partial charge in [-0.15, -0.1) is 0 Å². The number of para-hydroxylation sites is 1. The molecule has 1 amide bonds. The Labute approximate surface area is 108 Å². The molecule has 0 unspecified atom stereocenters. The first-order valence-electron chi connectivity index (χ1n) is 6.15. The van der Waals surface area contributed by atoms with E-state index in [0.29, 0.717) is 13.0 Å². The maximum atomic E-state index is 11.7. The molecular formula is C14H21NO3. The Kier molecular flexibility index (Phi) is 6.22. The maximum Gasteiger partial charge on any atom is 0.249 e. The van der Waals surface area contributed by atoms with Gasteiger partial charge in [0.2, 0.25) is 5.91 Å². The summed E-state index contributed by atoms with van der Waals surface area (Å²) in [7, 11) is 3.20. The molecule has 1 rings (SSSR count). The fourth-order valence-corrected chi connectivity index (χ4v) is 1.80. The molecule has 100 valence electrons. The number of nitrogens with one attached hydrogen (secondary N) is 1. The van der Waals surface area contributed by atoms with Crippen molar-refractivity contribution < 1.29 is 14.3 Å². The zero-order valence-corrected chi connectivity index (χ0v) is 11.2. The number of carbonyl (C=O) groups is 1. The summed E-state index contributed by atoms with van der Waals surface area (Å²) >= 11 is 0. The molecule has 0 saturated heterocycles. The molecule has 0 spiro atoms. The van der Waals surface area contributed by atoms with E-state index in [2.05, 4.69) is 5.32 Å². The Bertz CT molecular complexity index is 375. The molecule has 1 atom stereocenters. The van der Waals surface area contributed by atoms with Crippen molar-refractivity contribution in [3.05, 3.63) is 29.8 Å². The number of carbonyl (C=O) groups excluding carboxylic acids is 1. The van der Waals surface area contributed by atoms with E-state index in [4.69, 9.17) is 9.47 Å². The highest BCUT2D eigenvalue weighted by Gasteiger charge is 2.14. The van der Waals surface area contributed by atoms with E-state index in [9.17, 15) is 4.79 Å². The average Bonchev–Trinajstić information content (AvgIpc) is 2.40. The van der Waals surface area contributed by atoms with E-state index in [1.165, 1.54) is 0 Å². The average molecular weight is 251 g/mol. The lowest BCUT2D eigenvalue weighted by Crippen LogP contribution is -2.36. The van der Waals surface area contributed by atoms with Gasteiger partial charge in [0.25, 0.3) is 0 Å². The van der Waals surface area contributed by atoms with Crippen molar-refractivity contribution in [2.24, 2.45) is 0 Å². The van der Waals surface area contributed by atoms with Crippen molar-refractivity contribution in [1.82, 2.24) is 5.32 Å². The van der Waals surface area contributed by atoms with E-state index in [0.717, 1.165) is 17.7 Å². The fourth-order valence-electron chi connectivity index (χ4n) is 1.80. The van der Waals surface area contributed by atoms with Gasteiger partial charge in [0.05, 0.1) is 7.11 Å². The zero-order chi connectivity index (χ0) is 13.4. The number of hydrogen-bond donors (Lipinski definition) is 1. The number of ether oxygens (including phenoxy) is 2. The van der Waals surface area contributed by atoms with Crippen molar-refractivity contribution in [2.45, 2.75) is 25.9 Å². The highest BCUT2D eigenvalue weighted by molar-refractivity contribution is 5.80. The Morgan fingerprint density at radius 1 is 1.33 bits per heavy atom. The predicted octanol–water partition coefficient (Wildman–Crippen LogP) is 1.78. The van der Waals surface area contributed by atoms with Crippen LogP contribution in [0.2, 0.25) is 0 Å². The van der Waals surface area contributed by atoms with Gasteiger partial charge in [-0.05, 0) is 24.5 Å². The first-order valence-corrected chi connectivity index (χ1v) is 6.15. The van der Waals surface area contributed by atoms with Crippen LogP contribution in [0.5, 0.6) is 5.75 Å². The van der Waals surface area contributed by atoms with Crippen molar-refractivity contribution in [3.63, 3.8) is 0 Å². The molecule has 0 aliphatic carbocycles. The van der Waals surface area contributed by atoms with Gasteiger partial charge in [0.15, 0.2) is 0 Å². The summed E-state index contributed by atoms with van der Waals surface area (Å²) in [5, 5.41) is 2.86. The first-order chi connectivity index (χ1) is 8.72. The summed E-state index contributed by atoms with van der Waals surface area (Å²) in [6.45, 7) is 2.51. The molecule has 0 saturated carbocycles. The second kappa shape index (κ2) is 7.71. The lowest BCUT2D eigenvalue weighted by molar-refractivity contribution is -0.131. The van der Waals surface area contributed by atoms with Crippen molar-refractivity contribution in [3.8, 4) is 5.75 Å². The highest BCUT2D eigenvalue weighted by atomic mass is 16.5. The second-order valence-corrected chi connectivity index (χ2v) is 3.99. The molecule has 0 fully saturated rings. The molecule has 0 aromatic heterocycles. The third-order valence-electron chi connectivity index (χ3n) is 2.83. The van der Waals surface area contributed by atoms with Gasteiger partial charge in [0.1, 0.15) is 11.9 Å². The maximum absolute atomic E-state index is 11.7. The third-order valence-corrected chi connectivity index (χ3v) is 2.83. The number of amides is 1. The fraction of sp³-hybridized carbons (Fsp3) is 0.500. The summed E-state index contributed by atoms with van der Waals surface area (Å²) < 4.78 is 10.3. The van der Waals surface area contributed by atoms with Crippen LogP contribution in [0.25, 0.3) is 0 Å². The number of benzene rings is 1. The Morgan fingerprint density at radius 3 is 2.67 bits per heavy atom. The quantitative estimate of drug-likeness (QED) is 0.803. The molecule has 4 heteroatoms. The van der Waals surface area contributed by atoms with Crippen LogP contribution in [0, 0.1) is 0 Å². The molecule has 0 aliphatic rings. The number of hydrogen-bond acceptors (Lipinski definition) is 3. The smallest absolute Gasteiger partial charge is 0.249 e. The molecule has 0 aliphatic heterocycles. The van der Waals surface area contributed by atoms with Gasteiger partial charge in [-0.25, -0.2) is 0 Å². The minimum atomic E-state index is -0.359. The largest absolute Gasteiger partial charge is 0.496 e. The van der Waals surface area contributed by atoms with Crippen LogP contribution < -0.4 is 10.1 Å². The van der Waals surface area contributed by atoms with Gasteiger partial charge >= 0.3 is 0 Å². The third kappa shape index (κ3) is 4.04. The monoisotopic (exact) mass is 251 g/mol. The topological polar surface area (TPSA) is 47.6 Å². The zero-order valence-electron chi connectivity index (χ0n) is 11.2. The van der Waals surface area contributed by atoms with E-state index < -0.39 is 0 Å². The highest BCUT2D eigenvalue weighted by Crippen LogP contribution is 2.17. The summed E-state index contributed by atoms with van der Waals surface area (Å²) in [5.74, 6) is 0.792. The molecule has 0 heterocycles. The lowest BCUT2D eigenvalue weighted by Gasteiger charge is -2.13. The molecule has 18 heavy (non-hydrogen) atoms. The van der Waals surface area contributed by atoms with Gasteiger partial charge in [-0.2, -0.15) is 0 Å². The molecular weight excluding hydrogens is 230 g/mol. The van der Waals surface area contributed by atoms with Gasteiger partial charge in [-0.3, -0.25) is 4.79 Å². The lowest BCUT2D eigenvalue weighted by atomic mass is 10.1. The van der Waals surface area contributed by atoms with Crippen LogP contribution in [0.3, 0.4) is 0 Å². The molecule has 1 aromatic rings. The predicted molar refractivity (Wildman–Crippen MR) is 70.8 cm³/mol. The van der Waals surface area contributed by atoms with E-state index in [-0.39, 0.29) is 12.0 Å². The first kappa shape index (κ1) is 14.5. The van der Waals surface area contributed by atoms with Gasteiger partial charge < -0.3 is 14.8 Å². The van der Waals surface area contributed by atoms with Crippen LogP contribution in [0.15, 0.2) is 24.3 Å². The normalized spacial score (nSPS) is 11.9. The van der Waals surface area contributed by atoms with Crippen LogP contribution in [0.4, 0.5) is 0 Å². The summed E-state index contributed by atoms with van der Waals surface area (Å²) in [6, 6.07) is 7.81. The van der Waals surface area contributed by atoms with E-state index in [1.807, 2.05) is 31.2 Å². The molecule has 1 N–H and O–H groups in total. The van der Waals surface area contributed by atoms with Crippen LogP contribution in [-0.2, 0) is 16.0 Å². The van der Waals surface area contributed by atoms with Crippen LogP contribution in [0.1, 0.15) is 18.9 Å². The minimum Gasteiger partial charge on any atom is -0.496 e. The second-order valence-electron chi connectivity index (χ2n) is 3.99. The van der Waals surface area contributed by atoms with Gasteiger partial charge in [-0.1, -0.05) is 25.1 Å². The standard InChI is InChI=1S/C14H21NO3/c1-4-12(17-2)14(16)15-10-9-11-7-5-6-8-13(11)18-3/h5-8,12H,4,9-10H2,1-3H3,(H,15,16)/t12-/m1/s1. The summed E-state index contributed by atoms with van der Waals surface area (Å²) in [5.41, 5.74) is 1.09.